The highest BCUT2D eigenvalue weighted by Crippen LogP contribution is 2.26. The van der Waals surface area contributed by atoms with Crippen LogP contribution in [0.2, 0.25) is 0 Å². The Kier molecular flexibility index (Phi) is 3.47. The number of carbonyl (C=O) groups excluding carboxylic acids is 1. The second-order valence-electron chi connectivity index (χ2n) is 3.73. The van der Waals surface area contributed by atoms with Crippen LogP contribution in [0, 0.1) is 5.92 Å². The average Bonchev–Trinajstić information content (AvgIpc) is 2.47. The van der Waals surface area contributed by atoms with Crippen LogP contribution in [0.1, 0.15) is 13.8 Å². The SMILES string of the molecule is COC(=O)C(CN)C1COC(C)(C)O1. The standard InChI is InChI=1S/C9H17NO4/c1-9(2)13-5-7(14-9)6(4-10)8(11)12-3/h6-7H,4-5,10H2,1-3H3. The van der Waals surface area contributed by atoms with E-state index in [-0.39, 0.29) is 18.6 Å². The Bertz CT molecular complexity index is 217. The first-order valence-corrected chi connectivity index (χ1v) is 4.60. The first-order chi connectivity index (χ1) is 6.50. The molecule has 0 aliphatic carbocycles. The second kappa shape index (κ2) is 4.25. The Balaban J connectivity index is 2.59. The van der Waals surface area contributed by atoms with Gasteiger partial charge in [-0.15, -0.1) is 0 Å². The maximum absolute atomic E-state index is 11.3. The molecule has 0 saturated carbocycles. The maximum Gasteiger partial charge on any atom is 0.312 e. The molecule has 14 heavy (non-hydrogen) atoms. The van der Waals surface area contributed by atoms with Gasteiger partial charge in [-0.1, -0.05) is 0 Å². The normalized spacial score (nSPS) is 27.3. The van der Waals surface area contributed by atoms with Crippen LogP contribution in [0.3, 0.4) is 0 Å². The van der Waals surface area contributed by atoms with Gasteiger partial charge in [0.2, 0.25) is 0 Å². The second-order valence-corrected chi connectivity index (χ2v) is 3.73. The summed E-state index contributed by atoms with van der Waals surface area (Å²) in [4.78, 5) is 11.3. The summed E-state index contributed by atoms with van der Waals surface area (Å²) in [7, 11) is 1.34. The molecule has 0 spiro atoms. The van der Waals surface area contributed by atoms with Crippen molar-refractivity contribution < 1.29 is 19.0 Å². The molecule has 0 bridgehead atoms. The predicted molar refractivity (Wildman–Crippen MR) is 49.5 cm³/mol. The quantitative estimate of drug-likeness (QED) is 0.648. The Morgan fingerprint density at radius 3 is 2.71 bits per heavy atom. The van der Waals surface area contributed by atoms with Gasteiger partial charge in [0, 0.05) is 6.54 Å². The van der Waals surface area contributed by atoms with Crippen molar-refractivity contribution in [2.24, 2.45) is 11.7 Å². The van der Waals surface area contributed by atoms with Crippen molar-refractivity contribution in [2.75, 3.05) is 20.3 Å². The molecule has 0 aromatic rings. The number of ether oxygens (including phenoxy) is 3. The van der Waals surface area contributed by atoms with Crippen molar-refractivity contribution in [3.05, 3.63) is 0 Å². The molecule has 1 rings (SSSR count). The highest BCUT2D eigenvalue weighted by atomic mass is 16.7. The van der Waals surface area contributed by atoms with Crippen LogP contribution in [0.15, 0.2) is 0 Å². The number of rotatable bonds is 3. The number of methoxy groups -OCH3 is 1. The topological polar surface area (TPSA) is 70.8 Å². The largest absolute Gasteiger partial charge is 0.469 e. The first kappa shape index (κ1) is 11.4. The smallest absolute Gasteiger partial charge is 0.312 e. The summed E-state index contributed by atoms with van der Waals surface area (Å²) in [5.41, 5.74) is 5.48. The Labute approximate surface area is 83.5 Å². The zero-order valence-corrected chi connectivity index (χ0v) is 8.78. The van der Waals surface area contributed by atoms with Crippen molar-refractivity contribution in [2.45, 2.75) is 25.7 Å². The highest BCUT2D eigenvalue weighted by Gasteiger charge is 2.40. The van der Waals surface area contributed by atoms with Gasteiger partial charge in [-0.2, -0.15) is 0 Å². The zero-order chi connectivity index (χ0) is 10.8. The Morgan fingerprint density at radius 2 is 2.36 bits per heavy atom. The molecule has 1 fully saturated rings. The molecule has 82 valence electrons. The van der Waals surface area contributed by atoms with Crippen LogP contribution in [-0.4, -0.2) is 38.1 Å². The number of carbonyl (C=O) groups is 1. The van der Waals surface area contributed by atoms with Crippen LogP contribution < -0.4 is 5.73 Å². The summed E-state index contributed by atoms with van der Waals surface area (Å²) in [6.07, 6.45) is -0.303. The van der Waals surface area contributed by atoms with E-state index < -0.39 is 11.7 Å². The van der Waals surface area contributed by atoms with Gasteiger partial charge in [0.05, 0.1) is 25.7 Å². The fraction of sp³-hybridized carbons (Fsp3) is 0.889. The lowest BCUT2D eigenvalue weighted by molar-refractivity contribution is -0.160. The fourth-order valence-corrected chi connectivity index (χ4v) is 1.46. The van der Waals surface area contributed by atoms with Crippen molar-refractivity contribution in [1.29, 1.82) is 0 Å². The van der Waals surface area contributed by atoms with Crippen LogP contribution in [-0.2, 0) is 19.0 Å². The van der Waals surface area contributed by atoms with Gasteiger partial charge in [0.15, 0.2) is 5.79 Å². The van der Waals surface area contributed by atoms with Crippen LogP contribution in [0.4, 0.5) is 0 Å². The Morgan fingerprint density at radius 1 is 1.71 bits per heavy atom. The van der Waals surface area contributed by atoms with Gasteiger partial charge in [-0.3, -0.25) is 4.79 Å². The Hall–Kier alpha value is -0.650. The first-order valence-electron chi connectivity index (χ1n) is 4.60. The molecular formula is C9H17NO4. The summed E-state index contributed by atoms with van der Waals surface area (Å²) >= 11 is 0. The number of hydrogen-bond donors (Lipinski definition) is 1. The van der Waals surface area contributed by atoms with E-state index in [1.165, 1.54) is 7.11 Å². The minimum Gasteiger partial charge on any atom is -0.469 e. The van der Waals surface area contributed by atoms with Gasteiger partial charge in [-0.05, 0) is 13.8 Å². The van der Waals surface area contributed by atoms with E-state index in [1.54, 1.807) is 13.8 Å². The van der Waals surface area contributed by atoms with E-state index in [0.717, 1.165) is 0 Å². The van der Waals surface area contributed by atoms with Crippen molar-refractivity contribution in [1.82, 2.24) is 0 Å². The van der Waals surface area contributed by atoms with Crippen molar-refractivity contribution >= 4 is 5.97 Å². The zero-order valence-electron chi connectivity index (χ0n) is 8.78. The molecule has 1 saturated heterocycles. The molecule has 0 radical (unpaired) electrons. The maximum atomic E-state index is 11.3. The summed E-state index contributed by atoms with van der Waals surface area (Å²) in [5.74, 6) is -1.42. The van der Waals surface area contributed by atoms with Crippen LogP contribution in [0.25, 0.3) is 0 Å². The van der Waals surface area contributed by atoms with Gasteiger partial charge >= 0.3 is 5.97 Å². The third kappa shape index (κ3) is 2.43. The summed E-state index contributed by atoms with van der Waals surface area (Å²) in [5, 5.41) is 0. The average molecular weight is 203 g/mol. The molecule has 1 aliphatic heterocycles. The van der Waals surface area contributed by atoms with Crippen molar-refractivity contribution in [3.63, 3.8) is 0 Å². The lowest BCUT2D eigenvalue weighted by Gasteiger charge is -2.21. The number of hydrogen-bond acceptors (Lipinski definition) is 5. The molecule has 5 nitrogen and oxygen atoms in total. The third-order valence-corrected chi connectivity index (χ3v) is 2.24. The van der Waals surface area contributed by atoms with Gasteiger partial charge < -0.3 is 19.9 Å². The van der Waals surface area contributed by atoms with E-state index >= 15 is 0 Å². The van der Waals surface area contributed by atoms with E-state index in [2.05, 4.69) is 4.74 Å². The molecule has 2 N–H and O–H groups in total. The fourth-order valence-electron chi connectivity index (χ4n) is 1.46. The predicted octanol–water partition coefficient (Wildman–Crippen LogP) is -0.114. The van der Waals surface area contributed by atoms with Crippen LogP contribution in [0.5, 0.6) is 0 Å². The monoisotopic (exact) mass is 203 g/mol. The molecule has 1 heterocycles. The van der Waals surface area contributed by atoms with Gasteiger partial charge in [-0.25, -0.2) is 0 Å². The summed E-state index contributed by atoms with van der Waals surface area (Å²) in [6.45, 7) is 4.19. The minimum atomic E-state index is -0.633. The minimum absolute atomic E-state index is 0.205. The molecule has 0 aromatic carbocycles. The lowest BCUT2D eigenvalue weighted by Crippen LogP contribution is -2.37. The molecule has 2 atom stereocenters. The molecule has 2 unspecified atom stereocenters. The van der Waals surface area contributed by atoms with E-state index in [9.17, 15) is 4.79 Å². The van der Waals surface area contributed by atoms with Crippen LogP contribution >= 0.6 is 0 Å². The third-order valence-electron chi connectivity index (χ3n) is 2.24. The number of esters is 1. The lowest BCUT2D eigenvalue weighted by atomic mass is 10.0. The van der Waals surface area contributed by atoms with Crippen molar-refractivity contribution in [3.8, 4) is 0 Å². The molecule has 0 amide bonds. The summed E-state index contributed by atoms with van der Waals surface area (Å²) in [6, 6.07) is 0. The molecule has 5 heteroatoms. The van der Waals surface area contributed by atoms with Gasteiger partial charge in [0.25, 0.3) is 0 Å². The highest BCUT2D eigenvalue weighted by molar-refractivity contribution is 5.73. The van der Waals surface area contributed by atoms with E-state index in [1.807, 2.05) is 0 Å². The van der Waals surface area contributed by atoms with E-state index in [0.29, 0.717) is 6.61 Å². The molecule has 1 aliphatic rings. The number of nitrogens with two attached hydrogens (primary N) is 1. The molecular weight excluding hydrogens is 186 g/mol. The van der Waals surface area contributed by atoms with Gasteiger partial charge in [0.1, 0.15) is 0 Å². The van der Waals surface area contributed by atoms with E-state index in [4.69, 9.17) is 15.2 Å². The summed E-state index contributed by atoms with van der Waals surface area (Å²) < 4.78 is 15.5. The molecule has 0 aromatic heterocycles.